The molecular weight excluding hydrogens is 196 g/mol. The van der Waals surface area contributed by atoms with Crippen LogP contribution in [0.15, 0.2) is 12.4 Å². The monoisotopic (exact) mass is 218 g/mol. The molecule has 0 aliphatic heterocycles. The maximum Gasteiger partial charge on any atom is 0.0675 e. The lowest BCUT2D eigenvalue weighted by molar-refractivity contribution is 0.593. The molecule has 2 nitrogen and oxygen atoms in total. The van der Waals surface area contributed by atoms with Gasteiger partial charge in [0.15, 0.2) is 0 Å². The highest BCUT2D eigenvalue weighted by molar-refractivity contribution is 5.85. The Labute approximate surface area is 97.5 Å². The van der Waals surface area contributed by atoms with Crippen molar-refractivity contribution < 1.29 is 0 Å². The van der Waals surface area contributed by atoms with Crippen molar-refractivity contribution in [3.63, 3.8) is 0 Å². The summed E-state index contributed by atoms with van der Waals surface area (Å²) in [5, 5.41) is 0. The van der Waals surface area contributed by atoms with Gasteiger partial charge in [0, 0.05) is 12.4 Å². The first kappa shape index (κ1) is 11.3. The van der Waals surface area contributed by atoms with Crippen molar-refractivity contribution in [3.8, 4) is 0 Å². The number of aromatic amines is 2. The standard InChI is InChI=1S/C14H22N2/c1-13(2,3)9-7-15-12-10(14(4,5)6)8-16-11(9)12/h7-8,15-16H,1-6H3. The summed E-state index contributed by atoms with van der Waals surface area (Å²) in [7, 11) is 0. The highest BCUT2D eigenvalue weighted by Gasteiger charge is 2.24. The van der Waals surface area contributed by atoms with Crippen LogP contribution in [0.4, 0.5) is 0 Å². The second-order valence-corrected chi connectivity index (χ2v) is 6.65. The minimum Gasteiger partial charge on any atom is -0.359 e. The first-order chi connectivity index (χ1) is 7.21. The number of aromatic nitrogens is 2. The number of hydrogen-bond donors (Lipinski definition) is 2. The van der Waals surface area contributed by atoms with E-state index in [1.807, 2.05) is 0 Å². The molecule has 2 aromatic rings. The first-order valence-corrected chi connectivity index (χ1v) is 5.90. The molecular formula is C14H22N2. The summed E-state index contributed by atoms with van der Waals surface area (Å²) in [6, 6.07) is 0. The van der Waals surface area contributed by atoms with E-state index in [2.05, 4.69) is 63.9 Å². The molecule has 2 heterocycles. The highest BCUT2D eigenvalue weighted by Crippen LogP contribution is 2.34. The highest BCUT2D eigenvalue weighted by atomic mass is 14.8. The van der Waals surface area contributed by atoms with Crippen LogP contribution in [0.1, 0.15) is 52.7 Å². The van der Waals surface area contributed by atoms with Gasteiger partial charge in [0.05, 0.1) is 11.0 Å². The largest absolute Gasteiger partial charge is 0.359 e. The number of rotatable bonds is 0. The average molecular weight is 218 g/mol. The summed E-state index contributed by atoms with van der Waals surface area (Å²) in [4.78, 5) is 6.84. The lowest BCUT2D eigenvalue weighted by Gasteiger charge is -2.16. The first-order valence-electron chi connectivity index (χ1n) is 5.90. The van der Waals surface area contributed by atoms with Crippen LogP contribution in [0.3, 0.4) is 0 Å². The molecule has 0 amide bonds. The molecule has 16 heavy (non-hydrogen) atoms. The molecule has 0 bridgehead atoms. The molecule has 2 N–H and O–H groups in total. The Morgan fingerprint density at radius 1 is 0.688 bits per heavy atom. The van der Waals surface area contributed by atoms with Crippen LogP contribution >= 0.6 is 0 Å². The van der Waals surface area contributed by atoms with Crippen molar-refractivity contribution in [2.24, 2.45) is 0 Å². The van der Waals surface area contributed by atoms with Crippen molar-refractivity contribution in [1.82, 2.24) is 9.97 Å². The van der Waals surface area contributed by atoms with Crippen LogP contribution in [0.25, 0.3) is 11.0 Å². The van der Waals surface area contributed by atoms with E-state index in [4.69, 9.17) is 0 Å². The molecule has 0 aliphatic carbocycles. The Kier molecular flexibility index (Phi) is 2.23. The van der Waals surface area contributed by atoms with Gasteiger partial charge < -0.3 is 9.97 Å². The third-order valence-corrected chi connectivity index (χ3v) is 3.13. The van der Waals surface area contributed by atoms with Crippen molar-refractivity contribution in [2.45, 2.75) is 52.4 Å². The molecule has 2 aromatic heterocycles. The van der Waals surface area contributed by atoms with Gasteiger partial charge in [0.25, 0.3) is 0 Å². The Hall–Kier alpha value is -1.18. The van der Waals surface area contributed by atoms with Crippen LogP contribution in [0.2, 0.25) is 0 Å². The number of hydrogen-bond acceptors (Lipinski definition) is 0. The summed E-state index contributed by atoms with van der Waals surface area (Å²) < 4.78 is 0. The Bertz CT molecular complexity index is 453. The van der Waals surface area contributed by atoms with Gasteiger partial charge >= 0.3 is 0 Å². The van der Waals surface area contributed by atoms with Gasteiger partial charge in [-0.2, -0.15) is 0 Å². The van der Waals surface area contributed by atoms with Gasteiger partial charge in [-0.15, -0.1) is 0 Å². The van der Waals surface area contributed by atoms with E-state index in [0.29, 0.717) is 0 Å². The minimum atomic E-state index is 0.179. The predicted octanol–water partition coefficient (Wildman–Crippen LogP) is 4.09. The lowest BCUT2D eigenvalue weighted by atomic mass is 9.86. The van der Waals surface area contributed by atoms with Crippen LogP contribution in [0.5, 0.6) is 0 Å². The maximum atomic E-state index is 3.42. The summed E-state index contributed by atoms with van der Waals surface area (Å²) >= 11 is 0. The minimum absolute atomic E-state index is 0.179. The molecule has 0 radical (unpaired) electrons. The predicted molar refractivity (Wildman–Crippen MR) is 70.0 cm³/mol. The Morgan fingerprint density at radius 2 is 1.00 bits per heavy atom. The molecule has 2 heteroatoms. The van der Waals surface area contributed by atoms with E-state index in [0.717, 1.165) is 0 Å². The topological polar surface area (TPSA) is 31.6 Å². The van der Waals surface area contributed by atoms with E-state index in [-0.39, 0.29) is 10.8 Å². The average Bonchev–Trinajstić information content (AvgIpc) is 2.54. The third kappa shape index (κ3) is 1.66. The van der Waals surface area contributed by atoms with Crippen molar-refractivity contribution in [1.29, 1.82) is 0 Å². The van der Waals surface area contributed by atoms with Gasteiger partial charge in [-0.05, 0) is 22.0 Å². The normalized spacial score (nSPS) is 13.6. The zero-order valence-electron chi connectivity index (χ0n) is 11.2. The van der Waals surface area contributed by atoms with E-state index in [1.54, 1.807) is 0 Å². The van der Waals surface area contributed by atoms with Crippen molar-refractivity contribution >= 4 is 11.0 Å². The van der Waals surface area contributed by atoms with Crippen LogP contribution < -0.4 is 0 Å². The summed E-state index contributed by atoms with van der Waals surface area (Å²) in [5.41, 5.74) is 5.60. The fourth-order valence-corrected chi connectivity index (χ4v) is 2.19. The van der Waals surface area contributed by atoms with E-state index >= 15 is 0 Å². The fraction of sp³-hybridized carbons (Fsp3) is 0.571. The van der Waals surface area contributed by atoms with E-state index in [9.17, 15) is 0 Å². The molecule has 88 valence electrons. The molecule has 0 unspecified atom stereocenters. The van der Waals surface area contributed by atoms with Gasteiger partial charge in [0.2, 0.25) is 0 Å². The molecule has 0 aliphatic rings. The molecule has 0 saturated carbocycles. The smallest absolute Gasteiger partial charge is 0.0675 e. The van der Waals surface area contributed by atoms with Crippen molar-refractivity contribution in [2.75, 3.05) is 0 Å². The maximum absolute atomic E-state index is 3.42. The second kappa shape index (κ2) is 3.16. The summed E-state index contributed by atoms with van der Waals surface area (Å²) in [5.74, 6) is 0. The quantitative estimate of drug-likeness (QED) is 0.667. The Morgan fingerprint density at radius 3 is 1.25 bits per heavy atom. The molecule has 0 fully saturated rings. The lowest BCUT2D eigenvalue weighted by Crippen LogP contribution is -2.10. The van der Waals surface area contributed by atoms with Crippen LogP contribution in [0, 0.1) is 0 Å². The van der Waals surface area contributed by atoms with E-state index < -0.39 is 0 Å². The molecule has 2 rings (SSSR count). The number of fused-ring (bicyclic) bond motifs is 1. The number of nitrogens with one attached hydrogen (secondary N) is 2. The van der Waals surface area contributed by atoms with Crippen molar-refractivity contribution in [3.05, 3.63) is 23.5 Å². The molecule has 0 saturated heterocycles. The molecule has 0 atom stereocenters. The summed E-state index contributed by atoms with van der Waals surface area (Å²) in [6.07, 6.45) is 4.27. The molecule has 0 spiro atoms. The van der Waals surface area contributed by atoms with Gasteiger partial charge in [0.1, 0.15) is 0 Å². The molecule has 0 aromatic carbocycles. The van der Waals surface area contributed by atoms with Gasteiger partial charge in [-0.1, -0.05) is 41.5 Å². The Balaban J connectivity index is 2.66. The zero-order chi connectivity index (χ0) is 12.1. The van der Waals surface area contributed by atoms with E-state index in [1.165, 1.54) is 22.2 Å². The van der Waals surface area contributed by atoms with Gasteiger partial charge in [-0.3, -0.25) is 0 Å². The third-order valence-electron chi connectivity index (χ3n) is 3.13. The van der Waals surface area contributed by atoms with Gasteiger partial charge in [-0.25, -0.2) is 0 Å². The fourth-order valence-electron chi connectivity index (χ4n) is 2.19. The van der Waals surface area contributed by atoms with Crippen LogP contribution in [-0.2, 0) is 10.8 Å². The SMILES string of the molecule is CC(C)(C)c1c[nH]c2c(C(C)(C)C)c[nH]c12. The number of H-pyrrole nitrogens is 2. The zero-order valence-corrected chi connectivity index (χ0v) is 11.2. The summed E-state index contributed by atoms with van der Waals surface area (Å²) in [6.45, 7) is 13.5. The van der Waals surface area contributed by atoms with Crippen LogP contribution in [-0.4, -0.2) is 9.97 Å². The second-order valence-electron chi connectivity index (χ2n) is 6.65.